The second kappa shape index (κ2) is 8.20. The second-order valence-electron chi connectivity index (χ2n) is 9.37. The van der Waals surface area contributed by atoms with Crippen LogP contribution < -0.4 is 16.0 Å². The van der Waals surface area contributed by atoms with E-state index in [1.165, 1.54) is 0 Å². The Morgan fingerprint density at radius 3 is 2.51 bits per heavy atom. The topological polar surface area (TPSA) is 101 Å². The van der Waals surface area contributed by atoms with Crippen molar-refractivity contribution in [2.45, 2.75) is 32.2 Å². The number of aromatic nitrogens is 2. The lowest BCUT2D eigenvalue weighted by Crippen LogP contribution is -2.33. The number of anilines is 3. The Morgan fingerprint density at radius 1 is 1.03 bits per heavy atom. The SMILES string of the molecule is C[C@H](C1CC1)N(c1ccccc1)c1c(C(N)=O)nnc2cc(-c3ccc4c(c3)NC(=O)C4)ccc12. The standard InChI is InChI=1S/C28H25N5O2/c1-16(17-7-8-17)33(21-5-3-2-4-6-21)27-22-12-11-19(14-24(22)31-32-26(27)28(29)35)18-9-10-20-15-25(34)30-23(20)13-18/h2-6,9-14,16-17H,7-8,15H2,1H3,(H2,29,35)(H,30,34)/t16-/m1/s1. The van der Waals surface area contributed by atoms with Gasteiger partial charge >= 0.3 is 0 Å². The number of carbonyl (C=O) groups excluding carboxylic acids is 2. The molecule has 7 nitrogen and oxygen atoms in total. The maximum atomic E-state index is 12.5. The van der Waals surface area contributed by atoms with E-state index >= 15 is 0 Å². The van der Waals surface area contributed by atoms with Crippen LogP contribution in [0.3, 0.4) is 0 Å². The van der Waals surface area contributed by atoms with Gasteiger partial charge < -0.3 is 16.0 Å². The summed E-state index contributed by atoms with van der Waals surface area (Å²) >= 11 is 0. The average molecular weight is 464 g/mol. The second-order valence-corrected chi connectivity index (χ2v) is 9.37. The fourth-order valence-electron chi connectivity index (χ4n) is 5.02. The molecule has 1 aliphatic carbocycles. The van der Waals surface area contributed by atoms with Crippen LogP contribution in [0.25, 0.3) is 22.0 Å². The van der Waals surface area contributed by atoms with Crippen LogP contribution in [0.2, 0.25) is 0 Å². The molecule has 6 rings (SSSR count). The molecule has 2 amide bonds. The largest absolute Gasteiger partial charge is 0.364 e. The smallest absolute Gasteiger partial charge is 0.271 e. The zero-order chi connectivity index (χ0) is 24.1. The van der Waals surface area contributed by atoms with Crippen LogP contribution in [-0.2, 0) is 11.2 Å². The van der Waals surface area contributed by atoms with Gasteiger partial charge in [-0.25, -0.2) is 0 Å². The van der Waals surface area contributed by atoms with E-state index in [0.29, 0.717) is 23.5 Å². The number of hydrogen-bond donors (Lipinski definition) is 2. The number of nitrogens with one attached hydrogen (secondary N) is 1. The number of para-hydroxylation sites is 1. The van der Waals surface area contributed by atoms with Gasteiger partial charge in [0, 0.05) is 22.8 Å². The summed E-state index contributed by atoms with van der Waals surface area (Å²) < 4.78 is 0. The molecule has 0 radical (unpaired) electrons. The Morgan fingerprint density at radius 2 is 1.77 bits per heavy atom. The van der Waals surface area contributed by atoms with Crippen molar-refractivity contribution in [1.29, 1.82) is 0 Å². The van der Waals surface area contributed by atoms with Crippen molar-refractivity contribution in [3.05, 3.63) is 78.0 Å². The van der Waals surface area contributed by atoms with Gasteiger partial charge in [0.15, 0.2) is 5.69 Å². The van der Waals surface area contributed by atoms with Gasteiger partial charge in [0.05, 0.1) is 17.6 Å². The van der Waals surface area contributed by atoms with E-state index in [0.717, 1.165) is 46.3 Å². The monoisotopic (exact) mass is 463 g/mol. The van der Waals surface area contributed by atoms with Crippen molar-refractivity contribution in [2.75, 3.05) is 10.2 Å². The highest BCUT2D eigenvalue weighted by Crippen LogP contribution is 2.43. The summed E-state index contributed by atoms with van der Waals surface area (Å²) in [6, 6.07) is 22.2. The first-order valence-corrected chi connectivity index (χ1v) is 11.9. The Balaban J connectivity index is 1.52. The third kappa shape index (κ3) is 3.79. The molecule has 1 aliphatic heterocycles. The van der Waals surface area contributed by atoms with Crippen LogP contribution >= 0.6 is 0 Å². The fraction of sp³-hybridized carbons (Fsp3) is 0.214. The quantitative estimate of drug-likeness (QED) is 0.427. The van der Waals surface area contributed by atoms with E-state index in [1.807, 2.05) is 66.7 Å². The molecule has 2 aliphatic rings. The van der Waals surface area contributed by atoms with E-state index in [1.54, 1.807) is 0 Å². The third-order valence-corrected chi connectivity index (χ3v) is 7.02. The fourth-order valence-corrected chi connectivity index (χ4v) is 5.02. The van der Waals surface area contributed by atoms with Gasteiger partial charge in [0.1, 0.15) is 0 Å². The Bertz CT molecular complexity index is 1480. The van der Waals surface area contributed by atoms with E-state index in [9.17, 15) is 9.59 Å². The number of carbonyl (C=O) groups is 2. The maximum absolute atomic E-state index is 12.5. The predicted molar refractivity (Wildman–Crippen MR) is 137 cm³/mol. The first-order chi connectivity index (χ1) is 17.0. The lowest BCUT2D eigenvalue weighted by atomic mass is 9.99. The number of fused-ring (bicyclic) bond motifs is 2. The van der Waals surface area contributed by atoms with Crippen LogP contribution in [0, 0.1) is 5.92 Å². The number of hydrogen-bond acceptors (Lipinski definition) is 5. The number of primary amides is 1. The van der Waals surface area contributed by atoms with E-state index in [-0.39, 0.29) is 17.6 Å². The maximum Gasteiger partial charge on any atom is 0.271 e. The molecule has 3 aromatic carbocycles. The molecule has 0 saturated heterocycles. The van der Waals surface area contributed by atoms with Gasteiger partial charge in [-0.3, -0.25) is 9.59 Å². The van der Waals surface area contributed by atoms with E-state index in [4.69, 9.17) is 5.73 Å². The molecule has 0 bridgehead atoms. The van der Waals surface area contributed by atoms with Crippen molar-refractivity contribution in [3.8, 4) is 11.1 Å². The molecular formula is C28H25N5O2. The number of benzene rings is 3. The molecule has 1 fully saturated rings. The lowest BCUT2D eigenvalue weighted by Gasteiger charge is -2.33. The normalized spacial score (nSPS) is 15.5. The van der Waals surface area contributed by atoms with Crippen LogP contribution in [0.15, 0.2) is 66.7 Å². The summed E-state index contributed by atoms with van der Waals surface area (Å²) in [5.74, 6) is -0.0484. The molecule has 35 heavy (non-hydrogen) atoms. The number of rotatable bonds is 6. The molecule has 3 N–H and O–H groups in total. The number of amides is 2. The van der Waals surface area contributed by atoms with Gasteiger partial charge in [-0.2, -0.15) is 0 Å². The minimum Gasteiger partial charge on any atom is -0.364 e. The first-order valence-electron chi connectivity index (χ1n) is 11.9. The molecular weight excluding hydrogens is 438 g/mol. The zero-order valence-electron chi connectivity index (χ0n) is 19.4. The summed E-state index contributed by atoms with van der Waals surface area (Å²) in [4.78, 5) is 26.4. The van der Waals surface area contributed by atoms with Crippen LogP contribution in [-0.4, -0.2) is 28.1 Å². The first kappa shape index (κ1) is 21.3. The molecule has 4 aromatic rings. The molecule has 7 heteroatoms. The van der Waals surface area contributed by atoms with E-state index < -0.39 is 5.91 Å². The van der Waals surface area contributed by atoms with Gasteiger partial charge in [-0.05, 0) is 72.7 Å². The summed E-state index contributed by atoms with van der Waals surface area (Å²) in [5, 5.41) is 12.4. The zero-order valence-corrected chi connectivity index (χ0v) is 19.4. The molecule has 174 valence electrons. The Labute approximate surface area is 203 Å². The molecule has 0 spiro atoms. The van der Waals surface area contributed by atoms with E-state index in [2.05, 4.69) is 27.3 Å². The number of nitrogens with zero attached hydrogens (tertiary/aromatic N) is 3. The lowest BCUT2D eigenvalue weighted by molar-refractivity contribution is -0.115. The average Bonchev–Trinajstić information content (AvgIpc) is 3.65. The van der Waals surface area contributed by atoms with Gasteiger partial charge in [-0.15, -0.1) is 10.2 Å². The van der Waals surface area contributed by atoms with Crippen LogP contribution in [0.4, 0.5) is 17.1 Å². The minimum absolute atomic E-state index is 0.0101. The summed E-state index contributed by atoms with van der Waals surface area (Å²) in [7, 11) is 0. The van der Waals surface area contributed by atoms with Gasteiger partial charge in [0.25, 0.3) is 5.91 Å². The molecule has 1 aromatic heterocycles. The van der Waals surface area contributed by atoms with Gasteiger partial charge in [-0.1, -0.05) is 36.4 Å². The highest BCUT2D eigenvalue weighted by molar-refractivity contribution is 6.07. The summed E-state index contributed by atoms with van der Waals surface area (Å²) in [5.41, 5.74) is 12.1. The van der Waals surface area contributed by atoms with Crippen LogP contribution in [0.1, 0.15) is 35.8 Å². The Kier molecular flexibility index (Phi) is 4.99. The molecule has 0 unspecified atom stereocenters. The third-order valence-electron chi connectivity index (χ3n) is 7.02. The molecule has 2 heterocycles. The molecule has 1 atom stereocenters. The van der Waals surface area contributed by atoms with Crippen molar-refractivity contribution in [2.24, 2.45) is 11.7 Å². The summed E-state index contributed by atoms with van der Waals surface area (Å²) in [6.45, 7) is 2.19. The van der Waals surface area contributed by atoms with Crippen molar-refractivity contribution < 1.29 is 9.59 Å². The highest BCUT2D eigenvalue weighted by Gasteiger charge is 2.35. The molecule has 1 saturated carbocycles. The minimum atomic E-state index is -0.600. The predicted octanol–water partition coefficient (Wildman–Crippen LogP) is 4.83. The Hall–Kier alpha value is -4.26. The van der Waals surface area contributed by atoms with Crippen molar-refractivity contribution in [3.63, 3.8) is 0 Å². The van der Waals surface area contributed by atoms with Gasteiger partial charge in [0.2, 0.25) is 5.91 Å². The number of nitrogens with two attached hydrogens (primary N) is 1. The summed E-state index contributed by atoms with van der Waals surface area (Å²) in [6.07, 6.45) is 2.73. The van der Waals surface area contributed by atoms with Crippen molar-refractivity contribution in [1.82, 2.24) is 10.2 Å². The highest BCUT2D eigenvalue weighted by atomic mass is 16.2. The van der Waals surface area contributed by atoms with Crippen LogP contribution in [0.5, 0.6) is 0 Å². The van der Waals surface area contributed by atoms with Crippen molar-refractivity contribution >= 4 is 39.8 Å².